The van der Waals surface area contributed by atoms with Crippen LogP contribution < -0.4 is 10.2 Å². The smallest absolute Gasteiger partial charge is 0.238 e. The quantitative estimate of drug-likeness (QED) is 0.409. The lowest BCUT2D eigenvalue weighted by Crippen LogP contribution is -2.51. The van der Waals surface area contributed by atoms with E-state index in [2.05, 4.69) is 19.2 Å². The third-order valence-electron chi connectivity index (χ3n) is 8.18. The summed E-state index contributed by atoms with van der Waals surface area (Å²) in [6.45, 7) is 5.83. The molecule has 3 aromatic rings. The van der Waals surface area contributed by atoms with Gasteiger partial charge in [0.15, 0.2) is 11.6 Å². The molecule has 1 N–H and O–H groups in total. The molecule has 0 aromatic heterocycles. The van der Waals surface area contributed by atoms with E-state index in [4.69, 9.17) is 11.6 Å². The summed E-state index contributed by atoms with van der Waals surface area (Å²) in [4.78, 5) is 44.1. The van der Waals surface area contributed by atoms with E-state index in [0.29, 0.717) is 22.2 Å². The Balaban J connectivity index is 1.58. The van der Waals surface area contributed by atoms with Crippen molar-refractivity contribution in [1.29, 1.82) is 0 Å². The normalized spacial score (nSPS) is 24.8. The molecule has 1 fully saturated rings. The molecule has 5 nitrogen and oxygen atoms in total. The average molecular weight is 525 g/mol. The standard InChI is InChI=1S/C32H29ClN2O3/c1-18(2)16-20-8-10-21(11-9-20)30(37)28-29(19(3)36)35-26-14-13-23(33)17-22(26)12-15-27(35)32(28)24-6-4-5-7-25(24)34-31(32)38/h4-15,17-18,27-29H,16H2,1-3H3,(H,34,38)/t27-,28+,29-,32-/m1/s1. The van der Waals surface area contributed by atoms with Gasteiger partial charge >= 0.3 is 0 Å². The van der Waals surface area contributed by atoms with Crippen LogP contribution in [0.2, 0.25) is 5.02 Å². The predicted octanol–water partition coefficient (Wildman–Crippen LogP) is 6.10. The Morgan fingerprint density at radius 1 is 1.05 bits per heavy atom. The van der Waals surface area contributed by atoms with Crippen LogP contribution in [0.25, 0.3) is 6.08 Å². The highest BCUT2D eigenvalue weighted by Gasteiger charge is 2.69. The zero-order chi connectivity index (χ0) is 26.8. The van der Waals surface area contributed by atoms with Gasteiger partial charge in [-0.25, -0.2) is 0 Å². The molecule has 3 aliphatic heterocycles. The zero-order valence-electron chi connectivity index (χ0n) is 21.6. The number of fused-ring (bicyclic) bond motifs is 6. The number of carbonyl (C=O) groups excluding carboxylic acids is 3. The number of ketones is 2. The lowest BCUT2D eigenvalue weighted by Gasteiger charge is -2.37. The van der Waals surface area contributed by atoms with Crippen molar-refractivity contribution in [3.8, 4) is 0 Å². The SMILES string of the molecule is CC(=O)[C@@H]1[C@@H](C(=O)c2ccc(CC(C)C)cc2)[C@]2(C(=O)Nc3ccccc32)[C@H]2C=Cc3cc(Cl)ccc3N12. The van der Waals surface area contributed by atoms with Crippen molar-refractivity contribution in [3.63, 3.8) is 0 Å². The lowest BCUT2D eigenvalue weighted by molar-refractivity contribution is -0.122. The van der Waals surface area contributed by atoms with Crippen LogP contribution in [0, 0.1) is 11.8 Å². The van der Waals surface area contributed by atoms with Crippen LogP contribution >= 0.6 is 11.6 Å². The summed E-state index contributed by atoms with van der Waals surface area (Å²) in [5.41, 5.74) is 3.47. The Hall–Kier alpha value is -3.70. The molecule has 4 atom stereocenters. The third kappa shape index (κ3) is 3.48. The maximum atomic E-state index is 14.5. The fourth-order valence-electron chi connectivity index (χ4n) is 6.76. The van der Waals surface area contributed by atoms with Crippen molar-refractivity contribution in [1.82, 2.24) is 0 Å². The van der Waals surface area contributed by atoms with Crippen molar-refractivity contribution < 1.29 is 14.4 Å². The van der Waals surface area contributed by atoms with Gasteiger partial charge in [0.2, 0.25) is 5.91 Å². The van der Waals surface area contributed by atoms with Crippen LogP contribution in [0.1, 0.15) is 47.8 Å². The molecule has 6 heteroatoms. The second-order valence-electron chi connectivity index (χ2n) is 11.0. The van der Waals surface area contributed by atoms with Crippen molar-refractivity contribution in [2.24, 2.45) is 11.8 Å². The number of rotatable bonds is 5. The van der Waals surface area contributed by atoms with Crippen molar-refractivity contribution >= 4 is 46.5 Å². The number of anilines is 2. The van der Waals surface area contributed by atoms with Crippen LogP contribution in [0.4, 0.5) is 11.4 Å². The van der Waals surface area contributed by atoms with E-state index < -0.39 is 23.4 Å². The van der Waals surface area contributed by atoms with Gasteiger partial charge in [0.05, 0.1) is 18.0 Å². The third-order valence-corrected chi connectivity index (χ3v) is 8.41. The fraction of sp³-hybridized carbons (Fsp3) is 0.281. The van der Waals surface area contributed by atoms with Gasteiger partial charge < -0.3 is 10.2 Å². The molecule has 1 amide bonds. The first-order valence-electron chi connectivity index (χ1n) is 13.0. The molecule has 3 aliphatic rings. The Labute approximate surface area is 227 Å². The molecule has 1 spiro atoms. The first-order chi connectivity index (χ1) is 18.2. The highest BCUT2D eigenvalue weighted by Crippen LogP contribution is 2.57. The number of nitrogens with one attached hydrogen (secondary N) is 1. The largest absolute Gasteiger partial charge is 0.352 e. The molecule has 192 valence electrons. The summed E-state index contributed by atoms with van der Waals surface area (Å²) in [7, 11) is 0. The fourth-order valence-corrected chi connectivity index (χ4v) is 6.94. The summed E-state index contributed by atoms with van der Waals surface area (Å²) in [5.74, 6) is -1.04. The van der Waals surface area contributed by atoms with Crippen LogP contribution in [-0.4, -0.2) is 29.6 Å². The first kappa shape index (κ1) is 24.6. The van der Waals surface area contributed by atoms with Gasteiger partial charge in [-0.05, 0) is 60.2 Å². The molecule has 0 aliphatic carbocycles. The number of carbonyl (C=O) groups is 3. The van der Waals surface area contributed by atoms with Gasteiger partial charge in [0.25, 0.3) is 0 Å². The molecule has 0 radical (unpaired) electrons. The van der Waals surface area contributed by atoms with Gasteiger partial charge in [0.1, 0.15) is 5.41 Å². The molecule has 3 aromatic carbocycles. The van der Waals surface area contributed by atoms with Crippen LogP contribution in [0.5, 0.6) is 0 Å². The number of amides is 1. The number of hydrogen-bond acceptors (Lipinski definition) is 4. The van der Waals surface area contributed by atoms with Crippen molar-refractivity contribution in [2.45, 2.75) is 44.7 Å². The zero-order valence-corrected chi connectivity index (χ0v) is 22.3. The highest BCUT2D eigenvalue weighted by atomic mass is 35.5. The number of benzene rings is 3. The summed E-state index contributed by atoms with van der Waals surface area (Å²) in [6, 6.07) is 19.3. The molecule has 3 heterocycles. The van der Waals surface area contributed by atoms with Gasteiger partial charge in [-0.1, -0.05) is 80.1 Å². The summed E-state index contributed by atoms with van der Waals surface area (Å²) in [5, 5.41) is 3.62. The molecular formula is C32H29ClN2O3. The molecule has 0 saturated carbocycles. The van der Waals surface area contributed by atoms with Gasteiger partial charge in [-0.15, -0.1) is 0 Å². The highest BCUT2D eigenvalue weighted by molar-refractivity contribution is 6.31. The van der Waals surface area contributed by atoms with Crippen LogP contribution in [0.15, 0.2) is 72.8 Å². The van der Waals surface area contributed by atoms with Crippen molar-refractivity contribution in [2.75, 3.05) is 10.2 Å². The lowest BCUT2D eigenvalue weighted by atomic mass is 9.64. The van der Waals surface area contributed by atoms with Gasteiger partial charge in [0, 0.05) is 22.0 Å². The van der Waals surface area contributed by atoms with E-state index in [1.807, 2.05) is 77.7 Å². The van der Waals surface area contributed by atoms with E-state index >= 15 is 0 Å². The Morgan fingerprint density at radius 3 is 2.50 bits per heavy atom. The summed E-state index contributed by atoms with van der Waals surface area (Å²) < 4.78 is 0. The van der Waals surface area contributed by atoms with E-state index in [-0.39, 0.29) is 17.5 Å². The Kier molecular flexibility index (Phi) is 5.80. The second kappa shape index (κ2) is 8.95. The average Bonchev–Trinajstić information content (AvgIpc) is 3.36. The molecule has 6 rings (SSSR count). The molecule has 0 bridgehead atoms. The Morgan fingerprint density at radius 2 is 1.79 bits per heavy atom. The van der Waals surface area contributed by atoms with E-state index in [1.165, 1.54) is 6.92 Å². The maximum Gasteiger partial charge on any atom is 0.238 e. The van der Waals surface area contributed by atoms with Crippen LogP contribution in [-0.2, 0) is 21.4 Å². The number of halogens is 1. The van der Waals surface area contributed by atoms with E-state index in [1.54, 1.807) is 6.07 Å². The van der Waals surface area contributed by atoms with Crippen molar-refractivity contribution in [3.05, 3.63) is 100 Å². The minimum atomic E-state index is -1.27. The minimum Gasteiger partial charge on any atom is -0.352 e. The number of Topliss-reactive ketones (excluding diaryl/α,β-unsaturated/α-hetero) is 2. The topological polar surface area (TPSA) is 66.5 Å². The number of nitrogens with zero attached hydrogens (tertiary/aromatic N) is 1. The number of para-hydroxylation sites is 1. The number of hydrogen-bond donors (Lipinski definition) is 1. The molecule has 1 saturated heterocycles. The first-order valence-corrected chi connectivity index (χ1v) is 13.4. The van der Waals surface area contributed by atoms with Gasteiger partial charge in [-0.3, -0.25) is 14.4 Å². The molecule has 38 heavy (non-hydrogen) atoms. The van der Waals surface area contributed by atoms with E-state index in [0.717, 1.165) is 28.8 Å². The predicted molar refractivity (Wildman–Crippen MR) is 151 cm³/mol. The van der Waals surface area contributed by atoms with E-state index in [9.17, 15) is 14.4 Å². The monoisotopic (exact) mass is 524 g/mol. The Bertz CT molecular complexity index is 1510. The maximum absolute atomic E-state index is 14.5. The van der Waals surface area contributed by atoms with Crippen LogP contribution in [0.3, 0.4) is 0 Å². The summed E-state index contributed by atoms with van der Waals surface area (Å²) in [6.07, 6.45) is 4.81. The minimum absolute atomic E-state index is 0.157. The summed E-state index contributed by atoms with van der Waals surface area (Å²) >= 11 is 6.29. The molecule has 0 unspecified atom stereocenters. The molecular weight excluding hydrogens is 496 g/mol. The van der Waals surface area contributed by atoms with Gasteiger partial charge in [-0.2, -0.15) is 0 Å². The second-order valence-corrected chi connectivity index (χ2v) is 11.4.